The molecular formula is C18H21ClFN. The molecule has 2 aromatic carbocycles. The lowest BCUT2D eigenvalue weighted by Gasteiger charge is -2.12. The zero-order valence-electron chi connectivity index (χ0n) is 12.0. The standard InChI is InChI=1S/C18H20FN.ClH/c19-17-10-8-15(9-11-17)16-5-3-4-14(12-16)13-20-18-6-1-2-7-18;/h3-5,8-12,18,20H,1-2,6-7,13H2;1H. The highest BCUT2D eigenvalue weighted by Gasteiger charge is 2.13. The van der Waals surface area contributed by atoms with Gasteiger partial charge in [0.05, 0.1) is 0 Å². The van der Waals surface area contributed by atoms with E-state index in [0.717, 1.165) is 17.7 Å². The number of hydrogen-bond acceptors (Lipinski definition) is 1. The summed E-state index contributed by atoms with van der Waals surface area (Å²) in [6, 6.07) is 15.9. The van der Waals surface area contributed by atoms with Crippen LogP contribution >= 0.6 is 12.4 Å². The molecule has 112 valence electrons. The number of halogens is 2. The van der Waals surface area contributed by atoms with E-state index in [1.807, 2.05) is 12.1 Å². The molecule has 3 heteroatoms. The van der Waals surface area contributed by atoms with Crippen molar-refractivity contribution in [2.75, 3.05) is 0 Å². The van der Waals surface area contributed by atoms with E-state index in [4.69, 9.17) is 0 Å². The fraction of sp³-hybridized carbons (Fsp3) is 0.333. The SMILES string of the molecule is Cl.Fc1ccc(-c2cccc(CNC3CCCC3)c2)cc1. The van der Waals surface area contributed by atoms with Gasteiger partial charge < -0.3 is 5.32 Å². The summed E-state index contributed by atoms with van der Waals surface area (Å²) < 4.78 is 13.0. The molecule has 0 saturated heterocycles. The van der Waals surface area contributed by atoms with Crippen LogP contribution in [0.15, 0.2) is 48.5 Å². The third-order valence-electron chi connectivity index (χ3n) is 4.05. The Balaban J connectivity index is 0.00000161. The van der Waals surface area contributed by atoms with Gasteiger partial charge in [-0.1, -0.05) is 43.2 Å². The summed E-state index contributed by atoms with van der Waals surface area (Å²) in [7, 11) is 0. The summed E-state index contributed by atoms with van der Waals surface area (Å²) in [5.41, 5.74) is 3.50. The van der Waals surface area contributed by atoms with Crippen LogP contribution in [0.1, 0.15) is 31.2 Å². The van der Waals surface area contributed by atoms with Crippen LogP contribution in [0.25, 0.3) is 11.1 Å². The minimum atomic E-state index is -0.187. The average molecular weight is 306 g/mol. The van der Waals surface area contributed by atoms with Gasteiger partial charge in [0.2, 0.25) is 0 Å². The molecule has 21 heavy (non-hydrogen) atoms. The number of hydrogen-bond donors (Lipinski definition) is 1. The van der Waals surface area contributed by atoms with Gasteiger partial charge in [-0.05, 0) is 47.7 Å². The molecule has 2 aromatic rings. The molecule has 0 atom stereocenters. The van der Waals surface area contributed by atoms with Gasteiger partial charge in [-0.15, -0.1) is 12.4 Å². The normalized spacial score (nSPS) is 14.9. The number of nitrogens with one attached hydrogen (secondary N) is 1. The van der Waals surface area contributed by atoms with Gasteiger partial charge in [0.25, 0.3) is 0 Å². The molecule has 1 aliphatic carbocycles. The maximum atomic E-state index is 13.0. The van der Waals surface area contributed by atoms with Crippen LogP contribution in [0.5, 0.6) is 0 Å². The van der Waals surface area contributed by atoms with E-state index in [9.17, 15) is 4.39 Å². The molecule has 1 aliphatic rings. The summed E-state index contributed by atoms with van der Waals surface area (Å²) in [6.07, 6.45) is 5.32. The van der Waals surface area contributed by atoms with E-state index in [1.165, 1.54) is 43.4 Å². The van der Waals surface area contributed by atoms with Crippen molar-refractivity contribution in [3.05, 3.63) is 59.9 Å². The van der Waals surface area contributed by atoms with Crippen molar-refractivity contribution in [1.29, 1.82) is 0 Å². The molecule has 3 rings (SSSR count). The van der Waals surface area contributed by atoms with Gasteiger partial charge in [0, 0.05) is 12.6 Å². The lowest BCUT2D eigenvalue weighted by Crippen LogP contribution is -2.25. The van der Waals surface area contributed by atoms with Crippen LogP contribution in [-0.4, -0.2) is 6.04 Å². The van der Waals surface area contributed by atoms with Crippen molar-refractivity contribution < 1.29 is 4.39 Å². The largest absolute Gasteiger partial charge is 0.310 e. The number of benzene rings is 2. The summed E-state index contributed by atoms with van der Waals surface area (Å²) in [5.74, 6) is -0.187. The van der Waals surface area contributed by atoms with Crippen molar-refractivity contribution in [1.82, 2.24) is 5.32 Å². The molecule has 1 saturated carbocycles. The Morgan fingerprint density at radius 1 is 0.952 bits per heavy atom. The first-order valence-electron chi connectivity index (χ1n) is 7.39. The second kappa shape index (κ2) is 7.58. The summed E-state index contributed by atoms with van der Waals surface area (Å²) in [5, 5.41) is 3.63. The van der Waals surface area contributed by atoms with Crippen LogP contribution in [-0.2, 0) is 6.54 Å². The Kier molecular flexibility index (Phi) is 5.77. The highest BCUT2D eigenvalue weighted by molar-refractivity contribution is 5.85. The number of rotatable bonds is 4. The lowest BCUT2D eigenvalue weighted by atomic mass is 10.0. The Hall–Kier alpha value is -1.38. The minimum Gasteiger partial charge on any atom is -0.310 e. The fourth-order valence-electron chi connectivity index (χ4n) is 2.90. The second-order valence-corrected chi connectivity index (χ2v) is 5.57. The van der Waals surface area contributed by atoms with Gasteiger partial charge in [-0.2, -0.15) is 0 Å². The minimum absolute atomic E-state index is 0. The maximum absolute atomic E-state index is 13.0. The van der Waals surface area contributed by atoms with Crippen LogP contribution in [0, 0.1) is 5.82 Å². The molecule has 1 nitrogen and oxygen atoms in total. The Morgan fingerprint density at radius 3 is 2.38 bits per heavy atom. The maximum Gasteiger partial charge on any atom is 0.123 e. The van der Waals surface area contributed by atoms with Gasteiger partial charge in [0.1, 0.15) is 5.82 Å². The fourth-order valence-corrected chi connectivity index (χ4v) is 2.90. The predicted octanol–water partition coefficient (Wildman–Crippen LogP) is 4.95. The topological polar surface area (TPSA) is 12.0 Å². The quantitative estimate of drug-likeness (QED) is 0.843. The van der Waals surface area contributed by atoms with Gasteiger partial charge in [0.15, 0.2) is 0 Å². The van der Waals surface area contributed by atoms with Gasteiger partial charge in [-0.3, -0.25) is 0 Å². The molecule has 0 heterocycles. The molecule has 1 N–H and O–H groups in total. The van der Waals surface area contributed by atoms with Crippen LogP contribution in [0.4, 0.5) is 4.39 Å². The van der Waals surface area contributed by atoms with Crippen molar-refractivity contribution >= 4 is 12.4 Å². The van der Waals surface area contributed by atoms with Gasteiger partial charge in [-0.25, -0.2) is 4.39 Å². The molecule has 0 aliphatic heterocycles. The van der Waals surface area contributed by atoms with Crippen LogP contribution in [0.2, 0.25) is 0 Å². The molecule has 0 spiro atoms. The van der Waals surface area contributed by atoms with E-state index >= 15 is 0 Å². The van der Waals surface area contributed by atoms with E-state index in [2.05, 4.69) is 29.6 Å². The van der Waals surface area contributed by atoms with E-state index in [-0.39, 0.29) is 18.2 Å². The molecule has 1 fully saturated rings. The zero-order valence-corrected chi connectivity index (χ0v) is 12.8. The monoisotopic (exact) mass is 305 g/mol. The van der Waals surface area contributed by atoms with E-state index in [0.29, 0.717) is 6.04 Å². The Labute approximate surface area is 132 Å². The van der Waals surface area contributed by atoms with Crippen LogP contribution in [0.3, 0.4) is 0 Å². The third-order valence-corrected chi connectivity index (χ3v) is 4.05. The summed E-state index contributed by atoms with van der Waals surface area (Å²) >= 11 is 0. The molecule has 0 bridgehead atoms. The summed E-state index contributed by atoms with van der Waals surface area (Å²) in [6.45, 7) is 0.916. The average Bonchev–Trinajstić information content (AvgIpc) is 3.00. The molecule has 0 unspecified atom stereocenters. The molecular weight excluding hydrogens is 285 g/mol. The predicted molar refractivity (Wildman–Crippen MR) is 88.2 cm³/mol. The van der Waals surface area contributed by atoms with Crippen molar-refractivity contribution in [3.8, 4) is 11.1 Å². The van der Waals surface area contributed by atoms with Crippen molar-refractivity contribution in [2.24, 2.45) is 0 Å². The van der Waals surface area contributed by atoms with Crippen molar-refractivity contribution in [2.45, 2.75) is 38.3 Å². The highest BCUT2D eigenvalue weighted by Crippen LogP contribution is 2.22. The second-order valence-electron chi connectivity index (χ2n) is 5.57. The Bertz CT molecular complexity index is 562. The van der Waals surface area contributed by atoms with E-state index < -0.39 is 0 Å². The lowest BCUT2D eigenvalue weighted by molar-refractivity contribution is 0.524. The first-order chi connectivity index (χ1) is 9.81. The van der Waals surface area contributed by atoms with Crippen LogP contribution < -0.4 is 5.32 Å². The zero-order chi connectivity index (χ0) is 13.8. The summed E-state index contributed by atoms with van der Waals surface area (Å²) in [4.78, 5) is 0. The van der Waals surface area contributed by atoms with Crippen molar-refractivity contribution in [3.63, 3.8) is 0 Å². The molecule has 0 amide bonds. The van der Waals surface area contributed by atoms with Gasteiger partial charge >= 0.3 is 0 Å². The highest BCUT2D eigenvalue weighted by atomic mass is 35.5. The molecule has 0 aromatic heterocycles. The third kappa shape index (κ3) is 4.29. The van der Waals surface area contributed by atoms with E-state index in [1.54, 1.807) is 0 Å². The first-order valence-corrected chi connectivity index (χ1v) is 7.39. The first kappa shape index (κ1) is 16.0. The Morgan fingerprint density at radius 2 is 1.67 bits per heavy atom. The molecule has 0 radical (unpaired) electrons. The smallest absolute Gasteiger partial charge is 0.123 e.